The lowest BCUT2D eigenvalue weighted by atomic mass is 10.0. The smallest absolute Gasteiger partial charge is 0.150 e. The highest BCUT2D eigenvalue weighted by Crippen LogP contribution is 2.33. The molecule has 0 unspecified atom stereocenters. The average Bonchev–Trinajstić information content (AvgIpc) is 2.77. The fourth-order valence-electron chi connectivity index (χ4n) is 3.57. The molecule has 0 bridgehead atoms. The third-order valence-corrected chi connectivity index (χ3v) is 5.29. The van der Waals surface area contributed by atoms with Crippen LogP contribution in [0.2, 0.25) is 0 Å². The van der Waals surface area contributed by atoms with Crippen LogP contribution in [-0.4, -0.2) is 53.1 Å². The van der Waals surface area contributed by atoms with Crippen molar-refractivity contribution in [2.75, 3.05) is 43.6 Å². The number of nitrogen functional groups attached to an aromatic ring is 1. The number of hydrogen-bond donors (Lipinski definition) is 3. The molecule has 0 radical (unpaired) electrons. The zero-order chi connectivity index (χ0) is 20.9. The van der Waals surface area contributed by atoms with Crippen molar-refractivity contribution < 1.29 is 4.74 Å². The first kappa shape index (κ1) is 19.9. The number of methoxy groups -OCH3 is 1. The van der Waals surface area contributed by atoms with Gasteiger partial charge in [0.1, 0.15) is 23.2 Å². The summed E-state index contributed by atoms with van der Waals surface area (Å²) in [5.74, 6) is 2.48. The fourth-order valence-corrected chi connectivity index (χ4v) is 3.57. The van der Waals surface area contributed by atoms with E-state index in [1.807, 2.05) is 30.5 Å². The molecule has 1 aliphatic rings. The van der Waals surface area contributed by atoms with Gasteiger partial charge < -0.3 is 26.0 Å². The molecular formula is C22H27N7O. The van der Waals surface area contributed by atoms with Gasteiger partial charge in [-0.1, -0.05) is 12.1 Å². The summed E-state index contributed by atoms with van der Waals surface area (Å²) in [4.78, 5) is 15.3. The lowest BCUT2D eigenvalue weighted by Crippen LogP contribution is -2.36. The molecule has 1 aliphatic heterocycles. The number of piperidine rings is 1. The predicted molar refractivity (Wildman–Crippen MR) is 120 cm³/mol. The highest BCUT2D eigenvalue weighted by Gasteiger charge is 2.18. The molecular weight excluding hydrogens is 378 g/mol. The molecule has 8 nitrogen and oxygen atoms in total. The number of hydrogen-bond acceptors (Lipinski definition) is 8. The Balaban J connectivity index is 1.64. The summed E-state index contributed by atoms with van der Waals surface area (Å²) in [5, 5.41) is 6.94. The van der Waals surface area contributed by atoms with Crippen LogP contribution >= 0.6 is 0 Å². The minimum absolute atomic E-state index is 0.381. The van der Waals surface area contributed by atoms with E-state index in [1.165, 1.54) is 6.20 Å². The molecule has 1 fully saturated rings. The number of ether oxygens (including phenoxy) is 1. The predicted octanol–water partition coefficient (Wildman–Crippen LogP) is 3.38. The second kappa shape index (κ2) is 8.96. The molecule has 0 spiro atoms. The Hall–Kier alpha value is -3.39. The number of benzene rings is 1. The number of rotatable bonds is 6. The van der Waals surface area contributed by atoms with Gasteiger partial charge in [0.05, 0.1) is 19.5 Å². The third-order valence-electron chi connectivity index (χ3n) is 5.29. The Morgan fingerprint density at radius 3 is 2.57 bits per heavy atom. The van der Waals surface area contributed by atoms with Crippen LogP contribution in [0.3, 0.4) is 0 Å². The number of anilines is 4. The molecule has 0 amide bonds. The summed E-state index contributed by atoms with van der Waals surface area (Å²) >= 11 is 0. The first-order chi connectivity index (χ1) is 14.6. The second-order valence-corrected chi connectivity index (χ2v) is 7.52. The number of nitrogens with two attached hydrogens (primary N) is 1. The van der Waals surface area contributed by atoms with E-state index in [0.29, 0.717) is 23.5 Å². The number of nitrogens with zero attached hydrogens (tertiary/aromatic N) is 4. The minimum atomic E-state index is 0.381. The maximum Gasteiger partial charge on any atom is 0.150 e. The van der Waals surface area contributed by atoms with E-state index in [1.54, 1.807) is 13.3 Å². The normalized spacial score (nSPS) is 15.0. The van der Waals surface area contributed by atoms with Gasteiger partial charge in [-0.3, -0.25) is 0 Å². The molecule has 3 heterocycles. The first-order valence-electron chi connectivity index (χ1n) is 10.0. The minimum Gasteiger partial charge on any atom is -0.497 e. The van der Waals surface area contributed by atoms with Gasteiger partial charge in [0.25, 0.3) is 0 Å². The van der Waals surface area contributed by atoms with Crippen LogP contribution in [0, 0.1) is 0 Å². The number of pyridine rings is 1. The van der Waals surface area contributed by atoms with Crippen LogP contribution in [0.1, 0.15) is 12.8 Å². The quantitative estimate of drug-likeness (QED) is 0.574. The third kappa shape index (κ3) is 4.77. The zero-order valence-electron chi connectivity index (χ0n) is 17.3. The van der Waals surface area contributed by atoms with Crippen molar-refractivity contribution in [2.24, 2.45) is 0 Å². The van der Waals surface area contributed by atoms with Crippen molar-refractivity contribution in [3.8, 4) is 16.9 Å². The number of nitrogens with one attached hydrogen (secondary N) is 2. The van der Waals surface area contributed by atoms with Gasteiger partial charge in [-0.2, -0.15) is 0 Å². The summed E-state index contributed by atoms with van der Waals surface area (Å²) in [5.41, 5.74) is 8.73. The van der Waals surface area contributed by atoms with Crippen molar-refractivity contribution in [1.82, 2.24) is 19.9 Å². The van der Waals surface area contributed by atoms with E-state index >= 15 is 0 Å². The Morgan fingerprint density at radius 1 is 1.03 bits per heavy atom. The molecule has 8 heteroatoms. The topological polar surface area (TPSA) is 101 Å². The summed E-state index contributed by atoms with van der Waals surface area (Å²) in [6.45, 7) is 2.17. The van der Waals surface area contributed by atoms with Gasteiger partial charge in [0.15, 0.2) is 0 Å². The van der Waals surface area contributed by atoms with Gasteiger partial charge in [-0.15, -0.1) is 0 Å². The van der Waals surface area contributed by atoms with Gasteiger partial charge in [0.2, 0.25) is 0 Å². The van der Waals surface area contributed by atoms with Crippen molar-refractivity contribution in [3.05, 3.63) is 48.9 Å². The van der Waals surface area contributed by atoms with Gasteiger partial charge in [0, 0.05) is 29.6 Å². The number of aromatic nitrogens is 3. The van der Waals surface area contributed by atoms with Crippen molar-refractivity contribution >= 4 is 23.1 Å². The van der Waals surface area contributed by atoms with Crippen LogP contribution in [-0.2, 0) is 0 Å². The lowest BCUT2D eigenvalue weighted by molar-refractivity contribution is 0.264. The van der Waals surface area contributed by atoms with E-state index < -0.39 is 0 Å². The van der Waals surface area contributed by atoms with Crippen LogP contribution in [0.4, 0.5) is 23.1 Å². The molecule has 4 rings (SSSR count). The molecule has 1 saturated heterocycles. The SMILES string of the molecule is COc1cccc(-c2cnc(Nc3cnc(N)cn3)cc2NC2CCN(C)CC2)c1. The van der Waals surface area contributed by atoms with Crippen molar-refractivity contribution in [1.29, 1.82) is 0 Å². The monoisotopic (exact) mass is 405 g/mol. The van der Waals surface area contributed by atoms with E-state index in [9.17, 15) is 0 Å². The van der Waals surface area contributed by atoms with Crippen LogP contribution in [0.5, 0.6) is 5.75 Å². The second-order valence-electron chi connectivity index (χ2n) is 7.52. The van der Waals surface area contributed by atoms with Crippen LogP contribution in [0.15, 0.2) is 48.9 Å². The van der Waals surface area contributed by atoms with Gasteiger partial charge >= 0.3 is 0 Å². The Bertz CT molecular complexity index is 985. The highest BCUT2D eigenvalue weighted by atomic mass is 16.5. The molecule has 156 valence electrons. The number of likely N-dealkylation sites (tertiary alicyclic amines) is 1. The standard InChI is InChI=1S/C22H27N7O/c1-29-8-6-16(7-9-29)27-19-11-21(28-22-14-24-20(23)13-26-22)25-12-18(19)15-4-3-5-17(10-15)30-2/h3-5,10-14,16H,6-9H2,1-2H3,(H2,23,24)(H2,25,26,27,28). The summed E-state index contributed by atoms with van der Waals surface area (Å²) < 4.78 is 5.41. The molecule has 2 aromatic heterocycles. The van der Waals surface area contributed by atoms with Crippen molar-refractivity contribution in [3.63, 3.8) is 0 Å². The Kier molecular flexibility index (Phi) is 5.94. The average molecular weight is 406 g/mol. The molecule has 1 aromatic carbocycles. The summed E-state index contributed by atoms with van der Waals surface area (Å²) in [6.07, 6.45) is 7.19. The highest BCUT2D eigenvalue weighted by molar-refractivity contribution is 5.80. The van der Waals surface area contributed by atoms with Crippen LogP contribution < -0.4 is 21.1 Å². The fraction of sp³-hybridized carbons (Fsp3) is 0.318. The maximum atomic E-state index is 5.63. The maximum absolute atomic E-state index is 5.63. The summed E-state index contributed by atoms with van der Waals surface area (Å²) in [6, 6.07) is 10.5. The van der Waals surface area contributed by atoms with Crippen molar-refractivity contribution in [2.45, 2.75) is 18.9 Å². The Morgan fingerprint density at radius 2 is 1.83 bits per heavy atom. The van der Waals surface area contributed by atoms with Crippen LogP contribution in [0.25, 0.3) is 11.1 Å². The van der Waals surface area contributed by atoms with E-state index in [4.69, 9.17) is 10.5 Å². The molecule has 4 N–H and O–H groups in total. The van der Waals surface area contributed by atoms with Gasteiger partial charge in [-0.05, 0) is 50.7 Å². The molecule has 0 saturated carbocycles. The molecule has 0 aliphatic carbocycles. The Labute approximate surface area is 176 Å². The molecule has 3 aromatic rings. The largest absolute Gasteiger partial charge is 0.497 e. The zero-order valence-corrected chi connectivity index (χ0v) is 17.3. The lowest BCUT2D eigenvalue weighted by Gasteiger charge is -2.31. The van der Waals surface area contributed by atoms with E-state index in [-0.39, 0.29) is 0 Å². The molecule has 0 atom stereocenters. The van der Waals surface area contributed by atoms with Gasteiger partial charge in [-0.25, -0.2) is 15.0 Å². The van der Waals surface area contributed by atoms with E-state index in [0.717, 1.165) is 48.5 Å². The summed E-state index contributed by atoms with van der Waals surface area (Å²) in [7, 11) is 3.84. The first-order valence-corrected chi connectivity index (χ1v) is 10.0. The van der Waals surface area contributed by atoms with E-state index in [2.05, 4.69) is 43.6 Å². The molecule has 30 heavy (non-hydrogen) atoms.